The van der Waals surface area contributed by atoms with Gasteiger partial charge in [0.1, 0.15) is 11.4 Å². The Labute approximate surface area is 95.0 Å². The number of likely N-dealkylation sites (tertiary alicyclic amines) is 1. The molecule has 1 fully saturated rings. The Morgan fingerprint density at radius 3 is 2.56 bits per heavy atom. The summed E-state index contributed by atoms with van der Waals surface area (Å²) in [5.41, 5.74) is 4.91. The third kappa shape index (κ3) is 3.60. The molecule has 0 aromatic heterocycles. The molecule has 0 atom stereocenters. The summed E-state index contributed by atoms with van der Waals surface area (Å²) in [5, 5.41) is 11.3. The van der Waals surface area contributed by atoms with Gasteiger partial charge in [0.05, 0.1) is 0 Å². The number of amides is 1. The number of nitrogens with zero attached hydrogens (tertiary/aromatic N) is 2. The normalized spacial score (nSPS) is 18.2. The largest absolute Gasteiger partial charge is 0.444 e. The Hall–Kier alpha value is -1.46. The molecule has 0 aliphatic carbocycles. The lowest BCUT2D eigenvalue weighted by molar-refractivity contribution is -0.0000656. The van der Waals surface area contributed by atoms with E-state index in [-0.39, 0.29) is 17.8 Å². The van der Waals surface area contributed by atoms with E-state index in [1.54, 1.807) is 4.90 Å². The van der Waals surface area contributed by atoms with Crippen molar-refractivity contribution in [2.24, 2.45) is 16.8 Å². The van der Waals surface area contributed by atoms with Crippen LogP contribution in [0.2, 0.25) is 0 Å². The highest BCUT2D eigenvalue weighted by atomic mass is 16.6. The van der Waals surface area contributed by atoms with Crippen LogP contribution < -0.4 is 5.73 Å². The molecule has 1 aliphatic heterocycles. The molecule has 16 heavy (non-hydrogen) atoms. The van der Waals surface area contributed by atoms with E-state index in [0.717, 1.165) is 0 Å². The zero-order valence-electron chi connectivity index (χ0n) is 9.93. The smallest absolute Gasteiger partial charge is 0.410 e. The molecule has 0 bridgehead atoms. The van der Waals surface area contributed by atoms with E-state index in [1.165, 1.54) is 0 Å². The van der Waals surface area contributed by atoms with Gasteiger partial charge in [-0.3, -0.25) is 0 Å². The van der Waals surface area contributed by atoms with Gasteiger partial charge in [-0.2, -0.15) is 0 Å². The first kappa shape index (κ1) is 12.6. The van der Waals surface area contributed by atoms with Crippen molar-refractivity contribution in [2.75, 3.05) is 13.1 Å². The fourth-order valence-corrected chi connectivity index (χ4v) is 1.51. The predicted octanol–water partition coefficient (Wildman–Crippen LogP) is 0.990. The van der Waals surface area contributed by atoms with Gasteiger partial charge in [-0.05, 0) is 20.8 Å². The summed E-state index contributed by atoms with van der Waals surface area (Å²) in [6, 6.07) is 0. The van der Waals surface area contributed by atoms with Gasteiger partial charge in [-0.15, -0.1) is 0 Å². The Morgan fingerprint density at radius 2 is 2.12 bits per heavy atom. The summed E-state index contributed by atoms with van der Waals surface area (Å²) in [7, 11) is 0. The summed E-state index contributed by atoms with van der Waals surface area (Å²) < 4.78 is 5.20. The average Bonchev–Trinajstić information content (AvgIpc) is 2.06. The lowest BCUT2D eigenvalue weighted by Crippen LogP contribution is -2.52. The highest BCUT2D eigenvalue weighted by Crippen LogP contribution is 2.21. The minimum absolute atomic E-state index is 0.203. The summed E-state index contributed by atoms with van der Waals surface area (Å²) in [5.74, 6) is 0.470. The molecule has 92 valence electrons. The molecule has 1 amide bonds. The van der Waals surface area contributed by atoms with Crippen LogP contribution >= 0.6 is 0 Å². The molecule has 0 unspecified atom stereocenters. The molecule has 0 saturated carbocycles. The number of carbonyl (C=O) groups is 1. The van der Waals surface area contributed by atoms with Gasteiger partial charge in [0.15, 0.2) is 0 Å². The van der Waals surface area contributed by atoms with Gasteiger partial charge in [0, 0.05) is 25.4 Å². The molecule has 1 aliphatic rings. The van der Waals surface area contributed by atoms with E-state index < -0.39 is 5.60 Å². The summed E-state index contributed by atoms with van der Waals surface area (Å²) in [6.07, 6.45) is 0.207. The topological polar surface area (TPSA) is 88.2 Å². The van der Waals surface area contributed by atoms with Crippen molar-refractivity contribution in [2.45, 2.75) is 32.8 Å². The van der Waals surface area contributed by atoms with Gasteiger partial charge < -0.3 is 20.6 Å². The molecule has 0 aromatic rings. The van der Waals surface area contributed by atoms with Crippen LogP contribution in [-0.4, -0.2) is 40.7 Å². The monoisotopic (exact) mass is 229 g/mol. The average molecular weight is 229 g/mol. The number of carbonyl (C=O) groups excluding carboxylic acids is 1. The lowest BCUT2D eigenvalue weighted by Gasteiger charge is -2.39. The first-order valence-corrected chi connectivity index (χ1v) is 5.26. The van der Waals surface area contributed by atoms with E-state index in [1.807, 2.05) is 20.8 Å². The number of hydrogen-bond acceptors (Lipinski definition) is 4. The number of nitrogens with two attached hydrogens (primary N) is 1. The number of amidine groups is 1. The third-order valence-electron chi connectivity index (χ3n) is 2.24. The zero-order valence-corrected chi connectivity index (χ0v) is 9.93. The molecular formula is C10H19N3O3. The number of hydrogen-bond donors (Lipinski definition) is 2. The molecule has 6 heteroatoms. The fourth-order valence-electron chi connectivity index (χ4n) is 1.51. The Bertz CT molecular complexity index is 290. The van der Waals surface area contributed by atoms with Crippen LogP contribution in [0.25, 0.3) is 0 Å². The Morgan fingerprint density at radius 1 is 1.56 bits per heavy atom. The molecule has 1 saturated heterocycles. The highest BCUT2D eigenvalue weighted by Gasteiger charge is 2.33. The molecule has 0 aromatic carbocycles. The van der Waals surface area contributed by atoms with E-state index in [4.69, 9.17) is 15.7 Å². The summed E-state index contributed by atoms with van der Waals surface area (Å²) >= 11 is 0. The second kappa shape index (κ2) is 4.59. The second-order valence-corrected chi connectivity index (χ2v) is 5.05. The summed E-state index contributed by atoms with van der Waals surface area (Å²) in [6.45, 7) is 6.70. The first-order valence-electron chi connectivity index (χ1n) is 5.26. The standard InChI is InChI=1S/C10H19N3O3/c1-10(2,3)16-9(14)13-5-7(6-13)4-8(11)12-15/h7,15H,4-6H2,1-3H3,(H2,11,12). The van der Waals surface area contributed by atoms with Crippen molar-refractivity contribution in [1.82, 2.24) is 4.90 Å². The fraction of sp³-hybridized carbons (Fsp3) is 0.800. The van der Waals surface area contributed by atoms with Gasteiger partial charge in [-0.1, -0.05) is 5.16 Å². The van der Waals surface area contributed by atoms with Crippen molar-refractivity contribution in [3.8, 4) is 0 Å². The SMILES string of the molecule is CC(C)(C)OC(=O)N1CC(C/C(N)=N/O)C1. The predicted molar refractivity (Wildman–Crippen MR) is 59.3 cm³/mol. The lowest BCUT2D eigenvalue weighted by atomic mass is 9.96. The molecule has 1 rings (SSSR count). The molecule has 0 radical (unpaired) electrons. The van der Waals surface area contributed by atoms with Crippen LogP contribution in [0.5, 0.6) is 0 Å². The molecule has 0 spiro atoms. The van der Waals surface area contributed by atoms with Gasteiger partial charge in [0.25, 0.3) is 0 Å². The molecule has 3 N–H and O–H groups in total. The van der Waals surface area contributed by atoms with E-state index in [9.17, 15) is 4.79 Å². The van der Waals surface area contributed by atoms with Crippen LogP contribution in [0.1, 0.15) is 27.2 Å². The third-order valence-corrected chi connectivity index (χ3v) is 2.24. The molecular weight excluding hydrogens is 210 g/mol. The van der Waals surface area contributed by atoms with Crippen molar-refractivity contribution in [1.29, 1.82) is 0 Å². The van der Waals surface area contributed by atoms with Crippen LogP contribution in [0.3, 0.4) is 0 Å². The Kier molecular flexibility index (Phi) is 3.62. The maximum Gasteiger partial charge on any atom is 0.410 e. The van der Waals surface area contributed by atoms with Crippen LogP contribution in [-0.2, 0) is 4.74 Å². The zero-order chi connectivity index (χ0) is 12.3. The quantitative estimate of drug-likeness (QED) is 0.320. The van der Waals surface area contributed by atoms with E-state index in [0.29, 0.717) is 19.5 Å². The summed E-state index contributed by atoms with van der Waals surface area (Å²) in [4.78, 5) is 13.1. The van der Waals surface area contributed by atoms with Gasteiger partial charge in [0.2, 0.25) is 0 Å². The minimum atomic E-state index is -0.465. The van der Waals surface area contributed by atoms with E-state index >= 15 is 0 Å². The van der Waals surface area contributed by atoms with Crippen LogP contribution in [0.15, 0.2) is 5.16 Å². The Balaban J connectivity index is 2.28. The van der Waals surface area contributed by atoms with Crippen molar-refractivity contribution in [3.05, 3.63) is 0 Å². The molecule has 6 nitrogen and oxygen atoms in total. The van der Waals surface area contributed by atoms with E-state index in [2.05, 4.69) is 5.16 Å². The maximum absolute atomic E-state index is 11.5. The van der Waals surface area contributed by atoms with Gasteiger partial charge in [-0.25, -0.2) is 4.79 Å². The van der Waals surface area contributed by atoms with Crippen LogP contribution in [0.4, 0.5) is 4.79 Å². The maximum atomic E-state index is 11.5. The number of ether oxygens (including phenoxy) is 1. The number of rotatable bonds is 2. The first-order chi connectivity index (χ1) is 7.31. The van der Waals surface area contributed by atoms with Crippen molar-refractivity contribution >= 4 is 11.9 Å². The highest BCUT2D eigenvalue weighted by molar-refractivity contribution is 5.80. The molecule has 1 heterocycles. The van der Waals surface area contributed by atoms with Crippen molar-refractivity contribution < 1.29 is 14.7 Å². The van der Waals surface area contributed by atoms with Gasteiger partial charge >= 0.3 is 6.09 Å². The van der Waals surface area contributed by atoms with Crippen LogP contribution in [0, 0.1) is 5.92 Å². The minimum Gasteiger partial charge on any atom is -0.444 e. The number of oxime groups is 1. The second-order valence-electron chi connectivity index (χ2n) is 5.05. The van der Waals surface area contributed by atoms with Crippen molar-refractivity contribution in [3.63, 3.8) is 0 Å².